The topological polar surface area (TPSA) is 171 Å². The van der Waals surface area contributed by atoms with Crippen molar-refractivity contribution in [3.05, 3.63) is 98.5 Å². The highest BCUT2D eigenvalue weighted by atomic mass is 32.2. The third kappa shape index (κ3) is 7.99. The second-order valence-electron chi connectivity index (χ2n) is 7.92. The van der Waals surface area contributed by atoms with Gasteiger partial charge in [-0.25, -0.2) is 22.7 Å². The van der Waals surface area contributed by atoms with Gasteiger partial charge in [-0.05, 0) is 43.3 Å². The third-order valence-electron chi connectivity index (χ3n) is 5.05. The number of carboxylic acids is 1. The zero-order valence-electron chi connectivity index (χ0n) is 20.1. The average Bonchev–Trinajstić information content (AvgIpc) is 2.86. The Labute approximate surface area is 218 Å². The summed E-state index contributed by atoms with van der Waals surface area (Å²) in [6.45, 7) is 1.97. The number of carboxylic acid groups (broad SMARTS) is 1. The largest absolute Gasteiger partial charge is 0.490 e. The zero-order valence-corrected chi connectivity index (χ0v) is 20.9. The van der Waals surface area contributed by atoms with E-state index in [1.54, 1.807) is 12.1 Å². The minimum Gasteiger partial charge on any atom is -0.489 e. The Morgan fingerprint density at radius 3 is 2.33 bits per heavy atom. The van der Waals surface area contributed by atoms with Gasteiger partial charge in [-0.15, -0.1) is 0 Å². The van der Waals surface area contributed by atoms with Gasteiger partial charge in [0.2, 0.25) is 10.0 Å². The number of hydrogen-bond donors (Lipinski definition) is 4. The van der Waals surface area contributed by atoms with Gasteiger partial charge < -0.3 is 14.8 Å². The number of aromatic amines is 2. The van der Waals surface area contributed by atoms with Crippen molar-refractivity contribution in [3.63, 3.8) is 0 Å². The molecule has 11 nitrogen and oxygen atoms in total. The maximum absolute atomic E-state index is 12.5. The molecule has 0 saturated heterocycles. The first-order valence-electron chi connectivity index (χ1n) is 10.9. The van der Waals surface area contributed by atoms with Crippen LogP contribution < -0.4 is 20.7 Å². The standard InChI is InChI=1S/C22H20N4O5S.C2HF3O2/c1-14-10-15(19-4-2-3-5-20(19)25-14)13-31-17-6-8-18(9-7-17)32(29,30)24-12-16-11-23-22(28)26-21(16)27;3-2(4,5)1(6)7/h2-11,24H,12-13H2,1H3,(H2,23,26,27,28);(H,6,7). The summed E-state index contributed by atoms with van der Waals surface area (Å²) in [7, 11) is -3.86. The molecule has 0 spiro atoms. The number of ether oxygens (including phenoxy) is 1. The lowest BCUT2D eigenvalue weighted by atomic mass is 10.1. The van der Waals surface area contributed by atoms with E-state index in [0.29, 0.717) is 12.4 Å². The summed E-state index contributed by atoms with van der Waals surface area (Å²) in [6.07, 6.45) is -3.91. The van der Waals surface area contributed by atoms with E-state index < -0.39 is 33.4 Å². The summed E-state index contributed by atoms with van der Waals surface area (Å²) in [5.74, 6) is -2.24. The molecule has 4 rings (SSSR count). The van der Waals surface area contributed by atoms with E-state index in [2.05, 4.69) is 14.7 Å². The van der Waals surface area contributed by atoms with Gasteiger partial charge in [0.05, 0.1) is 10.4 Å². The van der Waals surface area contributed by atoms with E-state index in [9.17, 15) is 31.2 Å². The number of alkyl halides is 3. The molecule has 4 aromatic rings. The first kappa shape index (κ1) is 29.1. The summed E-state index contributed by atoms with van der Waals surface area (Å²) in [4.78, 5) is 40.5. The molecule has 0 aliphatic carbocycles. The quantitative estimate of drug-likeness (QED) is 0.264. The van der Waals surface area contributed by atoms with E-state index in [1.165, 1.54) is 18.3 Å². The number of sulfonamides is 1. The third-order valence-corrected chi connectivity index (χ3v) is 6.47. The highest BCUT2D eigenvalue weighted by Gasteiger charge is 2.38. The second kappa shape index (κ2) is 11.9. The molecule has 0 atom stereocenters. The molecule has 0 aliphatic rings. The van der Waals surface area contributed by atoms with Crippen LogP contribution in [0.4, 0.5) is 13.2 Å². The van der Waals surface area contributed by atoms with Gasteiger partial charge in [-0.1, -0.05) is 18.2 Å². The summed E-state index contributed by atoms with van der Waals surface area (Å²) >= 11 is 0. The van der Waals surface area contributed by atoms with Crippen LogP contribution in [0, 0.1) is 6.92 Å². The zero-order chi connectivity index (χ0) is 28.8. The van der Waals surface area contributed by atoms with Gasteiger partial charge in [0, 0.05) is 34.9 Å². The molecule has 2 aromatic heterocycles. The molecule has 0 fully saturated rings. The minimum atomic E-state index is -5.08. The van der Waals surface area contributed by atoms with Crippen molar-refractivity contribution < 1.29 is 36.2 Å². The SMILES string of the molecule is Cc1cc(COc2ccc(S(=O)(=O)NCc3c[nH]c(=O)[nH]c3=O)cc2)c2ccccc2n1.O=C(O)C(F)(F)F. The minimum absolute atomic E-state index is 0.0240. The molecule has 4 N–H and O–H groups in total. The number of pyridine rings is 1. The number of benzene rings is 2. The van der Waals surface area contributed by atoms with E-state index >= 15 is 0 Å². The van der Waals surface area contributed by atoms with Crippen molar-refractivity contribution >= 4 is 26.9 Å². The predicted octanol–water partition coefficient (Wildman–Crippen LogP) is 2.61. The van der Waals surface area contributed by atoms with E-state index in [1.807, 2.05) is 42.2 Å². The number of hydrogen-bond acceptors (Lipinski definition) is 7. The number of nitrogens with one attached hydrogen (secondary N) is 3. The van der Waals surface area contributed by atoms with Gasteiger partial charge in [0.25, 0.3) is 5.56 Å². The summed E-state index contributed by atoms with van der Waals surface area (Å²) in [5, 5.41) is 8.12. The number of aromatic nitrogens is 3. The molecule has 0 unspecified atom stereocenters. The average molecular weight is 567 g/mol. The Balaban J connectivity index is 0.000000532. The smallest absolute Gasteiger partial charge is 0.489 e. The predicted molar refractivity (Wildman–Crippen MR) is 133 cm³/mol. The van der Waals surface area contributed by atoms with Gasteiger partial charge >= 0.3 is 17.8 Å². The molecule has 206 valence electrons. The number of aliphatic carboxylic acids is 1. The Morgan fingerprint density at radius 1 is 1.08 bits per heavy atom. The maximum atomic E-state index is 12.5. The molecule has 0 bridgehead atoms. The second-order valence-corrected chi connectivity index (χ2v) is 9.69. The fourth-order valence-electron chi connectivity index (χ4n) is 3.22. The van der Waals surface area contributed by atoms with Crippen LogP contribution in [0.1, 0.15) is 16.8 Å². The number of nitrogens with zero attached hydrogens (tertiary/aromatic N) is 1. The number of H-pyrrole nitrogens is 2. The van der Waals surface area contributed by atoms with Crippen molar-refractivity contribution in [1.82, 2.24) is 19.7 Å². The lowest BCUT2D eigenvalue weighted by Crippen LogP contribution is -2.30. The molecule has 2 heterocycles. The van der Waals surface area contributed by atoms with Crippen molar-refractivity contribution in [2.75, 3.05) is 0 Å². The summed E-state index contributed by atoms with van der Waals surface area (Å²) in [6, 6.07) is 15.7. The molecular formula is C24H21F3N4O7S. The molecular weight excluding hydrogens is 545 g/mol. The monoisotopic (exact) mass is 566 g/mol. The number of halogens is 3. The van der Waals surface area contributed by atoms with Crippen LogP contribution in [0.5, 0.6) is 5.75 Å². The van der Waals surface area contributed by atoms with Crippen LogP contribution in [0.2, 0.25) is 0 Å². The number of para-hydroxylation sites is 1. The first-order chi connectivity index (χ1) is 18.3. The Morgan fingerprint density at radius 2 is 1.72 bits per heavy atom. The van der Waals surface area contributed by atoms with Gasteiger partial charge in [-0.3, -0.25) is 14.8 Å². The fourth-order valence-corrected chi connectivity index (χ4v) is 4.22. The van der Waals surface area contributed by atoms with E-state index in [4.69, 9.17) is 14.6 Å². The lowest BCUT2D eigenvalue weighted by molar-refractivity contribution is -0.192. The molecule has 0 amide bonds. The number of fused-ring (bicyclic) bond motifs is 1. The normalized spacial score (nSPS) is 11.5. The lowest BCUT2D eigenvalue weighted by Gasteiger charge is -2.11. The van der Waals surface area contributed by atoms with Gasteiger partial charge in [-0.2, -0.15) is 13.2 Å². The Bertz CT molecular complexity index is 1700. The van der Waals surface area contributed by atoms with Crippen LogP contribution in [0.3, 0.4) is 0 Å². The number of carbonyl (C=O) groups is 1. The molecule has 0 radical (unpaired) electrons. The van der Waals surface area contributed by atoms with Crippen LogP contribution in [-0.2, 0) is 28.0 Å². The van der Waals surface area contributed by atoms with Crippen LogP contribution in [0.25, 0.3) is 10.9 Å². The molecule has 2 aromatic carbocycles. The summed E-state index contributed by atoms with van der Waals surface area (Å²) in [5.41, 5.74) is 1.54. The van der Waals surface area contributed by atoms with Crippen LogP contribution in [0.15, 0.2) is 75.3 Å². The Kier molecular flexibility index (Phi) is 8.88. The van der Waals surface area contributed by atoms with Crippen molar-refractivity contribution in [3.8, 4) is 5.75 Å². The number of aryl methyl sites for hydroxylation is 1. The van der Waals surface area contributed by atoms with Crippen molar-refractivity contribution in [2.45, 2.75) is 31.1 Å². The molecule has 15 heteroatoms. The molecule has 39 heavy (non-hydrogen) atoms. The Hall–Kier alpha value is -4.50. The van der Waals surface area contributed by atoms with Gasteiger partial charge in [0.15, 0.2) is 0 Å². The van der Waals surface area contributed by atoms with Crippen molar-refractivity contribution in [2.24, 2.45) is 0 Å². The fraction of sp³-hybridized carbons (Fsp3) is 0.167. The van der Waals surface area contributed by atoms with Crippen molar-refractivity contribution in [1.29, 1.82) is 0 Å². The van der Waals surface area contributed by atoms with Gasteiger partial charge in [0.1, 0.15) is 12.4 Å². The van der Waals surface area contributed by atoms with Crippen LogP contribution >= 0.6 is 0 Å². The van der Waals surface area contributed by atoms with E-state index in [-0.39, 0.29) is 17.0 Å². The van der Waals surface area contributed by atoms with E-state index in [0.717, 1.165) is 22.2 Å². The van der Waals surface area contributed by atoms with Crippen LogP contribution in [-0.4, -0.2) is 40.6 Å². The molecule has 0 saturated carbocycles. The first-order valence-corrected chi connectivity index (χ1v) is 12.4. The highest BCUT2D eigenvalue weighted by Crippen LogP contribution is 2.22. The maximum Gasteiger partial charge on any atom is 0.490 e. The molecule has 0 aliphatic heterocycles. The summed E-state index contributed by atoms with van der Waals surface area (Å²) < 4.78 is 65.0. The highest BCUT2D eigenvalue weighted by molar-refractivity contribution is 7.89. The number of rotatable bonds is 7.